The summed E-state index contributed by atoms with van der Waals surface area (Å²) in [5.74, 6) is 0. The van der Waals surface area contributed by atoms with Crippen molar-refractivity contribution in [1.29, 1.82) is 0 Å². The van der Waals surface area contributed by atoms with E-state index in [-0.39, 0.29) is 0 Å². The molecule has 2 rings (SSSR count). The van der Waals surface area contributed by atoms with Gasteiger partial charge in [-0.05, 0) is 32.4 Å². The topological polar surface area (TPSA) is 29.9 Å². The molecule has 3 nitrogen and oxygen atoms in total. The number of para-hydroxylation sites is 1. The fourth-order valence-electron chi connectivity index (χ4n) is 1.87. The second-order valence-electron chi connectivity index (χ2n) is 3.85. The molecule has 0 spiro atoms. The Hall–Kier alpha value is -1.26. The molecule has 0 aliphatic carbocycles. The molecule has 2 aromatic rings. The van der Waals surface area contributed by atoms with Gasteiger partial charge in [-0.1, -0.05) is 18.2 Å². The molecule has 0 amide bonds. The maximum Gasteiger partial charge on any atom is 0.104 e. The summed E-state index contributed by atoms with van der Waals surface area (Å²) in [5, 5.41) is 9.03. The molecule has 17 heavy (non-hydrogen) atoms. The van der Waals surface area contributed by atoms with Crippen molar-refractivity contribution in [2.75, 3.05) is 13.3 Å². The number of hydrogen-bond acceptors (Lipinski definition) is 3. The molecule has 0 saturated carbocycles. The van der Waals surface area contributed by atoms with Crippen LogP contribution in [0.2, 0.25) is 0 Å². The third-order valence-corrected chi connectivity index (χ3v) is 3.49. The minimum Gasteiger partial charge on any atom is -0.316 e. The molecule has 1 N–H and O–H groups in total. The fraction of sp³-hybridized carbons (Fsp3) is 0.308. The lowest BCUT2D eigenvalue weighted by Crippen LogP contribution is -2.06. The number of thioether (sulfide) groups is 1. The number of hydrogen-bond donors (Lipinski definition) is 1. The van der Waals surface area contributed by atoms with Crippen LogP contribution >= 0.6 is 11.8 Å². The molecular weight excluding hydrogens is 230 g/mol. The maximum atomic E-state index is 4.63. The average Bonchev–Trinajstić information content (AvgIpc) is 2.68. The molecule has 0 aliphatic rings. The van der Waals surface area contributed by atoms with Crippen molar-refractivity contribution in [2.24, 2.45) is 0 Å². The zero-order chi connectivity index (χ0) is 12.3. The normalized spacial score (nSPS) is 10.8. The van der Waals surface area contributed by atoms with Crippen LogP contribution in [0.25, 0.3) is 5.69 Å². The summed E-state index contributed by atoms with van der Waals surface area (Å²) in [6.45, 7) is 2.92. The lowest BCUT2D eigenvalue weighted by molar-refractivity contribution is 0.767. The third kappa shape index (κ3) is 2.37. The minimum atomic E-state index is 0.856. The Balaban J connectivity index is 2.52. The van der Waals surface area contributed by atoms with Crippen LogP contribution in [0, 0.1) is 6.92 Å². The van der Waals surface area contributed by atoms with E-state index in [4.69, 9.17) is 0 Å². The highest BCUT2D eigenvalue weighted by molar-refractivity contribution is 7.98. The van der Waals surface area contributed by atoms with Crippen molar-refractivity contribution < 1.29 is 0 Å². The first kappa shape index (κ1) is 12.2. The number of aryl methyl sites for hydroxylation is 1. The molecule has 0 unspecified atom stereocenters. The summed E-state index contributed by atoms with van der Waals surface area (Å²) in [6, 6.07) is 10.3. The first-order chi connectivity index (χ1) is 8.27. The van der Waals surface area contributed by atoms with E-state index in [1.165, 1.54) is 10.6 Å². The van der Waals surface area contributed by atoms with Crippen LogP contribution in [0.1, 0.15) is 11.3 Å². The first-order valence-electron chi connectivity index (χ1n) is 5.60. The molecule has 0 aliphatic heterocycles. The van der Waals surface area contributed by atoms with Crippen LogP contribution in [0.15, 0.2) is 35.4 Å². The largest absolute Gasteiger partial charge is 0.316 e. The molecular formula is C13H17N3S. The zero-order valence-electron chi connectivity index (χ0n) is 10.4. The number of benzene rings is 1. The average molecular weight is 247 g/mol. The lowest BCUT2D eigenvalue weighted by Gasteiger charge is -2.06. The van der Waals surface area contributed by atoms with Gasteiger partial charge in [0, 0.05) is 12.1 Å². The molecule has 0 saturated heterocycles. The number of rotatable bonds is 4. The monoisotopic (exact) mass is 247 g/mol. The molecule has 4 heteroatoms. The number of nitrogens with one attached hydrogen (secondary N) is 1. The van der Waals surface area contributed by atoms with Gasteiger partial charge in [0.15, 0.2) is 0 Å². The van der Waals surface area contributed by atoms with Crippen molar-refractivity contribution in [3.05, 3.63) is 41.6 Å². The highest BCUT2D eigenvalue weighted by Gasteiger charge is 2.14. The van der Waals surface area contributed by atoms with Crippen molar-refractivity contribution in [3.8, 4) is 5.69 Å². The van der Waals surface area contributed by atoms with Crippen LogP contribution in [-0.2, 0) is 6.54 Å². The Kier molecular flexibility index (Phi) is 3.86. The SMILES string of the molecule is CNCc1c(C)nn(-c2ccccc2)c1SC. The molecule has 0 radical (unpaired) electrons. The summed E-state index contributed by atoms with van der Waals surface area (Å²) in [4.78, 5) is 0. The first-order valence-corrected chi connectivity index (χ1v) is 6.83. The Morgan fingerprint density at radius 2 is 2.00 bits per heavy atom. The molecule has 0 bridgehead atoms. The molecule has 0 atom stereocenters. The number of aromatic nitrogens is 2. The summed E-state index contributed by atoms with van der Waals surface area (Å²) >= 11 is 1.74. The van der Waals surface area contributed by atoms with Gasteiger partial charge >= 0.3 is 0 Å². The van der Waals surface area contributed by atoms with Gasteiger partial charge in [-0.3, -0.25) is 0 Å². The van der Waals surface area contributed by atoms with Crippen molar-refractivity contribution in [1.82, 2.24) is 15.1 Å². The quantitative estimate of drug-likeness (QED) is 0.842. The van der Waals surface area contributed by atoms with E-state index in [9.17, 15) is 0 Å². The fourth-order valence-corrected chi connectivity index (χ4v) is 2.66. The molecule has 90 valence electrons. The van der Waals surface area contributed by atoms with E-state index in [0.29, 0.717) is 0 Å². The van der Waals surface area contributed by atoms with E-state index in [2.05, 4.69) is 35.7 Å². The summed E-state index contributed by atoms with van der Waals surface area (Å²) in [5.41, 5.74) is 3.48. The lowest BCUT2D eigenvalue weighted by atomic mass is 10.2. The van der Waals surface area contributed by atoms with E-state index >= 15 is 0 Å². The van der Waals surface area contributed by atoms with E-state index in [1.54, 1.807) is 11.8 Å². The molecule has 1 aromatic carbocycles. The second-order valence-corrected chi connectivity index (χ2v) is 4.65. The Labute approximate surface area is 106 Å². The summed E-state index contributed by atoms with van der Waals surface area (Å²) < 4.78 is 2.02. The summed E-state index contributed by atoms with van der Waals surface area (Å²) in [7, 11) is 1.96. The second kappa shape index (κ2) is 5.38. The van der Waals surface area contributed by atoms with Crippen LogP contribution in [0.3, 0.4) is 0 Å². The van der Waals surface area contributed by atoms with E-state index < -0.39 is 0 Å². The van der Waals surface area contributed by atoms with Gasteiger partial charge in [-0.15, -0.1) is 11.8 Å². The van der Waals surface area contributed by atoms with Gasteiger partial charge in [-0.25, -0.2) is 4.68 Å². The summed E-state index contributed by atoms with van der Waals surface area (Å²) in [6.07, 6.45) is 2.09. The van der Waals surface area contributed by atoms with Crippen LogP contribution in [-0.4, -0.2) is 23.1 Å². The van der Waals surface area contributed by atoms with Gasteiger partial charge in [-0.2, -0.15) is 5.10 Å². The molecule has 1 aromatic heterocycles. The van der Waals surface area contributed by atoms with Gasteiger partial charge in [0.05, 0.1) is 11.4 Å². The third-order valence-electron chi connectivity index (χ3n) is 2.68. The Bertz CT molecular complexity index is 491. The van der Waals surface area contributed by atoms with Crippen molar-refractivity contribution in [2.45, 2.75) is 18.5 Å². The highest BCUT2D eigenvalue weighted by atomic mass is 32.2. The van der Waals surface area contributed by atoms with E-state index in [1.807, 2.05) is 29.9 Å². The zero-order valence-corrected chi connectivity index (χ0v) is 11.2. The predicted octanol–water partition coefficient (Wildman–Crippen LogP) is 2.62. The highest BCUT2D eigenvalue weighted by Crippen LogP contribution is 2.26. The molecule has 0 fully saturated rings. The predicted molar refractivity (Wildman–Crippen MR) is 72.8 cm³/mol. The van der Waals surface area contributed by atoms with E-state index in [0.717, 1.165) is 17.9 Å². The van der Waals surface area contributed by atoms with Crippen LogP contribution < -0.4 is 5.32 Å². The maximum absolute atomic E-state index is 4.63. The van der Waals surface area contributed by atoms with Gasteiger partial charge < -0.3 is 5.32 Å². The van der Waals surface area contributed by atoms with Crippen molar-refractivity contribution >= 4 is 11.8 Å². The Morgan fingerprint density at radius 3 is 2.59 bits per heavy atom. The standard InChI is InChI=1S/C13H17N3S/c1-10-12(9-14-2)13(17-3)16(15-10)11-7-5-4-6-8-11/h4-8,14H,9H2,1-3H3. The van der Waals surface area contributed by atoms with Crippen LogP contribution in [0.4, 0.5) is 0 Å². The minimum absolute atomic E-state index is 0.856. The van der Waals surface area contributed by atoms with Gasteiger partial charge in [0.25, 0.3) is 0 Å². The van der Waals surface area contributed by atoms with Gasteiger partial charge in [0.2, 0.25) is 0 Å². The van der Waals surface area contributed by atoms with Crippen LogP contribution in [0.5, 0.6) is 0 Å². The Morgan fingerprint density at radius 1 is 1.29 bits per heavy atom. The van der Waals surface area contributed by atoms with Crippen molar-refractivity contribution in [3.63, 3.8) is 0 Å². The van der Waals surface area contributed by atoms with Gasteiger partial charge in [0.1, 0.15) is 5.03 Å². The smallest absolute Gasteiger partial charge is 0.104 e. The number of nitrogens with zero attached hydrogens (tertiary/aromatic N) is 2. The molecule has 1 heterocycles.